The Morgan fingerprint density at radius 1 is 0.667 bits per heavy atom. The number of nitrogens with zero attached hydrogens (tertiary/aromatic N) is 1. The number of aryl methyl sites for hydroxylation is 1. The van der Waals surface area contributed by atoms with Crippen LogP contribution in [0.2, 0.25) is 10.0 Å². The van der Waals surface area contributed by atoms with Crippen LogP contribution in [0.25, 0.3) is 0 Å². The average Bonchev–Trinajstić information content (AvgIpc) is 2.88. The van der Waals surface area contributed by atoms with Gasteiger partial charge in [-0.25, -0.2) is 8.42 Å². The maximum absolute atomic E-state index is 13.5. The topological polar surface area (TPSA) is 54.5 Å². The fourth-order valence-electron chi connectivity index (χ4n) is 3.86. The molecule has 0 radical (unpaired) electrons. The minimum atomic E-state index is -3.79. The lowest BCUT2D eigenvalue weighted by Gasteiger charge is -2.23. The summed E-state index contributed by atoms with van der Waals surface area (Å²) in [6.07, 6.45) is 0.968. The van der Waals surface area contributed by atoms with Gasteiger partial charge in [-0.1, -0.05) is 89.9 Å². The summed E-state index contributed by atoms with van der Waals surface area (Å²) in [5.41, 5.74) is 3.27. The Bertz CT molecular complexity index is 1420. The molecule has 184 valence electrons. The molecule has 0 fully saturated rings. The third-order valence-corrected chi connectivity index (χ3v) is 8.11. The molecule has 0 aliphatic carbocycles. The molecule has 0 atom stereocenters. The number of halogens is 2. The predicted octanol–water partition coefficient (Wildman–Crippen LogP) is 7.20. The fourth-order valence-corrected chi connectivity index (χ4v) is 5.62. The largest absolute Gasteiger partial charge is 0.294 e. The van der Waals surface area contributed by atoms with Gasteiger partial charge in [0.25, 0.3) is 0 Å². The Hall–Kier alpha value is -2.96. The highest BCUT2D eigenvalue weighted by Gasteiger charge is 2.25. The van der Waals surface area contributed by atoms with Crippen LogP contribution in [0.15, 0.2) is 108 Å². The van der Waals surface area contributed by atoms with Crippen LogP contribution in [0.3, 0.4) is 0 Å². The standard InChI is InChI=1S/C29H25Cl2NO3S/c30-26-14-16-28(17-15-26)36(34,35)32(20-23-5-2-1-3-6-23)21-24-9-12-25(13-10-24)29(33)18-11-22-7-4-8-27(31)19-22/h1-10,12-17,19H,11,18,20-21H2. The van der Waals surface area contributed by atoms with E-state index >= 15 is 0 Å². The molecular formula is C29H25Cl2NO3S. The third kappa shape index (κ3) is 6.83. The van der Waals surface area contributed by atoms with Crippen molar-refractivity contribution >= 4 is 39.0 Å². The number of Topliss-reactive ketones (excluding diaryl/α,β-unsaturated/α-hetero) is 1. The molecule has 0 saturated carbocycles. The molecule has 0 heterocycles. The quantitative estimate of drug-likeness (QED) is 0.201. The van der Waals surface area contributed by atoms with Crippen LogP contribution < -0.4 is 0 Å². The first-order chi connectivity index (χ1) is 17.3. The molecular weight excluding hydrogens is 513 g/mol. The number of carbonyl (C=O) groups is 1. The summed E-state index contributed by atoms with van der Waals surface area (Å²) >= 11 is 12.0. The van der Waals surface area contributed by atoms with Gasteiger partial charge >= 0.3 is 0 Å². The zero-order valence-electron chi connectivity index (χ0n) is 19.5. The van der Waals surface area contributed by atoms with Crippen molar-refractivity contribution in [1.29, 1.82) is 0 Å². The van der Waals surface area contributed by atoms with Crippen molar-refractivity contribution in [2.24, 2.45) is 0 Å². The van der Waals surface area contributed by atoms with E-state index in [1.54, 1.807) is 30.3 Å². The molecule has 0 aliphatic rings. The van der Waals surface area contributed by atoms with E-state index in [1.165, 1.54) is 16.4 Å². The molecule has 0 bridgehead atoms. The number of hydrogen-bond donors (Lipinski definition) is 0. The average molecular weight is 538 g/mol. The normalized spacial score (nSPS) is 11.5. The number of sulfonamides is 1. The molecule has 0 N–H and O–H groups in total. The highest BCUT2D eigenvalue weighted by Crippen LogP contribution is 2.23. The summed E-state index contributed by atoms with van der Waals surface area (Å²) in [6, 6.07) is 30.2. The van der Waals surface area contributed by atoms with Crippen LogP contribution >= 0.6 is 23.2 Å². The van der Waals surface area contributed by atoms with E-state index in [4.69, 9.17) is 23.2 Å². The Labute approximate surface area is 222 Å². The van der Waals surface area contributed by atoms with Crippen molar-refractivity contribution in [2.45, 2.75) is 30.8 Å². The van der Waals surface area contributed by atoms with Crippen molar-refractivity contribution < 1.29 is 13.2 Å². The van der Waals surface area contributed by atoms with E-state index < -0.39 is 10.0 Å². The highest BCUT2D eigenvalue weighted by molar-refractivity contribution is 7.89. The van der Waals surface area contributed by atoms with Crippen LogP contribution in [-0.2, 0) is 29.5 Å². The lowest BCUT2D eigenvalue weighted by molar-refractivity contribution is 0.0983. The van der Waals surface area contributed by atoms with Crippen molar-refractivity contribution in [3.05, 3.63) is 135 Å². The third-order valence-electron chi connectivity index (χ3n) is 5.82. The first kappa shape index (κ1) is 26.1. The van der Waals surface area contributed by atoms with E-state index in [9.17, 15) is 13.2 Å². The van der Waals surface area contributed by atoms with Gasteiger partial charge in [0.1, 0.15) is 0 Å². The summed E-state index contributed by atoms with van der Waals surface area (Å²) in [4.78, 5) is 12.9. The van der Waals surface area contributed by atoms with Crippen molar-refractivity contribution in [1.82, 2.24) is 4.31 Å². The molecule has 0 aliphatic heterocycles. The second-order valence-corrected chi connectivity index (χ2v) is 11.3. The Balaban J connectivity index is 1.50. The van der Waals surface area contributed by atoms with Gasteiger partial charge in [-0.3, -0.25) is 4.79 Å². The highest BCUT2D eigenvalue weighted by atomic mass is 35.5. The Morgan fingerprint density at radius 3 is 1.92 bits per heavy atom. The van der Waals surface area contributed by atoms with Crippen LogP contribution in [0.5, 0.6) is 0 Å². The van der Waals surface area contributed by atoms with Crippen molar-refractivity contribution in [3.8, 4) is 0 Å². The molecule has 0 aromatic heterocycles. The second-order valence-electron chi connectivity index (χ2n) is 8.46. The summed E-state index contributed by atoms with van der Waals surface area (Å²) < 4.78 is 28.4. The van der Waals surface area contributed by atoms with Crippen LogP contribution in [0, 0.1) is 0 Å². The molecule has 0 amide bonds. The SMILES string of the molecule is O=C(CCc1cccc(Cl)c1)c1ccc(CN(Cc2ccccc2)S(=O)(=O)c2ccc(Cl)cc2)cc1. The number of rotatable bonds is 10. The number of benzene rings is 4. The van der Waals surface area contributed by atoms with Crippen molar-refractivity contribution in [3.63, 3.8) is 0 Å². The maximum Gasteiger partial charge on any atom is 0.243 e. The van der Waals surface area contributed by atoms with E-state index in [1.807, 2.05) is 60.7 Å². The number of hydrogen-bond acceptors (Lipinski definition) is 3. The minimum Gasteiger partial charge on any atom is -0.294 e. The molecule has 36 heavy (non-hydrogen) atoms. The molecule has 0 unspecified atom stereocenters. The van der Waals surface area contributed by atoms with Crippen LogP contribution in [0.1, 0.15) is 33.5 Å². The molecule has 7 heteroatoms. The van der Waals surface area contributed by atoms with Crippen LogP contribution in [-0.4, -0.2) is 18.5 Å². The van der Waals surface area contributed by atoms with Gasteiger partial charge in [0.15, 0.2) is 5.78 Å². The molecule has 0 spiro atoms. The zero-order valence-corrected chi connectivity index (χ0v) is 21.8. The second kappa shape index (κ2) is 11.8. The number of carbonyl (C=O) groups excluding carboxylic acids is 1. The Kier molecular flexibility index (Phi) is 8.60. The van der Waals surface area contributed by atoms with Gasteiger partial charge in [-0.15, -0.1) is 0 Å². The molecule has 4 aromatic rings. The summed E-state index contributed by atoms with van der Waals surface area (Å²) in [5, 5.41) is 1.12. The maximum atomic E-state index is 13.5. The minimum absolute atomic E-state index is 0.0245. The van der Waals surface area contributed by atoms with E-state index in [-0.39, 0.29) is 23.8 Å². The Morgan fingerprint density at radius 2 is 1.28 bits per heavy atom. The lowest BCUT2D eigenvalue weighted by Crippen LogP contribution is -2.30. The molecule has 4 rings (SSSR count). The first-order valence-electron chi connectivity index (χ1n) is 11.5. The van der Waals surface area contributed by atoms with Gasteiger partial charge in [0.2, 0.25) is 10.0 Å². The summed E-state index contributed by atoms with van der Waals surface area (Å²) in [6.45, 7) is 0.378. The van der Waals surface area contributed by atoms with E-state index in [0.717, 1.165) is 16.7 Å². The first-order valence-corrected chi connectivity index (χ1v) is 13.7. The fraction of sp³-hybridized carbons (Fsp3) is 0.138. The molecule has 0 saturated heterocycles. The van der Waals surface area contributed by atoms with Crippen LogP contribution in [0.4, 0.5) is 0 Å². The van der Waals surface area contributed by atoms with Gasteiger partial charge in [0, 0.05) is 35.1 Å². The summed E-state index contributed by atoms with van der Waals surface area (Å²) in [5.74, 6) is 0.0245. The monoisotopic (exact) mass is 537 g/mol. The van der Waals surface area contributed by atoms with Gasteiger partial charge in [-0.2, -0.15) is 4.31 Å². The number of ketones is 1. The molecule has 4 nitrogen and oxygen atoms in total. The van der Waals surface area contributed by atoms with E-state index in [0.29, 0.717) is 28.5 Å². The zero-order chi connectivity index (χ0) is 25.5. The van der Waals surface area contributed by atoms with Crippen molar-refractivity contribution in [2.75, 3.05) is 0 Å². The summed E-state index contributed by atoms with van der Waals surface area (Å²) in [7, 11) is -3.79. The smallest absolute Gasteiger partial charge is 0.243 e. The van der Waals surface area contributed by atoms with Gasteiger partial charge in [0.05, 0.1) is 4.90 Å². The predicted molar refractivity (Wildman–Crippen MR) is 145 cm³/mol. The van der Waals surface area contributed by atoms with Gasteiger partial charge in [-0.05, 0) is 59.5 Å². The van der Waals surface area contributed by atoms with E-state index in [2.05, 4.69) is 0 Å². The molecule has 4 aromatic carbocycles. The lowest BCUT2D eigenvalue weighted by atomic mass is 10.0. The van der Waals surface area contributed by atoms with Gasteiger partial charge < -0.3 is 0 Å².